The smallest absolute Gasteiger partial charge is 0.250 e. The summed E-state index contributed by atoms with van der Waals surface area (Å²) in [6.07, 6.45) is 7.45. The molecule has 0 atom stereocenters. The molecule has 0 aliphatic carbocycles. The normalized spacial score (nSPS) is 15.0. The van der Waals surface area contributed by atoms with Crippen LogP contribution in [0.15, 0.2) is 60.2 Å². The predicted molar refractivity (Wildman–Crippen MR) is 89.7 cm³/mol. The van der Waals surface area contributed by atoms with Crippen molar-refractivity contribution in [3.8, 4) is 5.75 Å². The van der Waals surface area contributed by atoms with E-state index < -0.39 is 0 Å². The minimum absolute atomic E-state index is 0.154. The minimum Gasteiger partial charge on any atom is -0.497 e. The highest BCUT2D eigenvalue weighted by Crippen LogP contribution is 2.26. The van der Waals surface area contributed by atoms with E-state index in [4.69, 9.17) is 4.74 Å². The first kappa shape index (κ1) is 16.1. The van der Waals surface area contributed by atoms with Crippen LogP contribution in [0.5, 0.6) is 5.75 Å². The largest absolute Gasteiger partial charge is 0.497 e. The SMILES string of the molecule is C=C/C=C\C1=C(CCC)C(=O)N(Cc2ccc(OC)cc2)C1. The average Bonchev–Trinajstić information content (AvgIpc) is 2.83. The van der Waals surface area contributed by atoms with Crippen molar-refractivity contribution in [2.45, 2.75) is 26.3 Å². The highest BCUT2D eigenvalue weighted by molar-refractivity contribution is 5.97. The molecule has 1 heterocycles. The van der Waals surface area contributed by atoms with Gasteiger partial charge in [-0.1, -0.05) is 50.3 Å². The molecule has 1 aliphatic rings. The van der Waals surface area contributed by atoms with Gasteiger partial charge in [-0.05, 0) is 29.7 Å². The third kappa shape index (κ3) is 3.67. The molecule has 0 saturated carbocycles. The molecule has 0 spiro atoms. The molecule has 22 heavy (non-hydrogen) atoms. The second kappa shape index (κ2) is 7.64. The summed E-state index contributed by atoms with van der Waals surface area (Å²) >= 11 is 0. The summed E-state index contributed by atoms with van der Waals surface area (Å²) in [5, 5.41) is 0. The third-order valence-corrected chi connectivity index (χ3v) is 3.76. The van der Waals surface area contributed by atoms with E-state index in [9.17, 15) is 4.79 Å². The Kier molecular flexibility index (Phi) is 5.59. The zero-order valence-electron chi connectivity index (χ0n) is 13.3. The molecule has 3 heteroatoms. The van der Waals surface area contributed by atoms with E-state index in [-0.39, 0.29) is 5.91 Å². The Balaban J connectivity index is 2.12. The van der Waals surface area contributed by atoms with Crippen molar-refractivity contribution >= 4 is 5.91 Å². The van der Waals surface area contributed by atoms with Crippen LogP contribution in [-0.2, 0) is 11.3 Å². The number of methoxy groups -OCH3 is 1. The molecule has 1 aliphatic heterocycles. The Morgan fingerprint density at radius 3 is 2.64 bits per heavy atom. The van der Waals surface area contributed by atoms with E-state index in [1.165, 1.54) is 0 Å². The topological polar surface area (TPSA) is 29.5 Å². The number of rotatable bonds is 7. The molecule has 1 aromatic rings. The number of benzene rings is 1. The highest BCUT2D eigenvalue weighted by Gasteiger charge is 2.28. The van der Waals surface area contributed by atoms with Crippen molar-refractivity contribution in [1.82, 2.24) is 4.90 Å². The zero-order valence-corrected chi connectivity index (χ0v) is 13.3. The van der Waals surface area contributed by atoms with Gasteiger partial charge in [-0.2, -0.15) is 0 Å². The van der Waals surface area contributed by atoms with Crippen LogP contribution in [0.2, 0.25) is 0 Å². The van der Waals surface area contributed by atoms with Crippen LogP contribution in [0.25, 0.3) is 0 Å². The van der Waals surface area contributed by atoms with E-state index in [2.05, 4.69) is 13.5 Å². The molecule has 0 radical (unpaired) electrons. The van der Waals surface area contributed by atoms with Crippen LogP contribution in [0.3, 0.4) is 0 Å². The van der Waals surface area contributed by atoms with Crippen LogP contribution in [0.1, 0.15) is 25.3 Å². The van der Waals surface area contributed by atoms with Crippen molar-refractivity contribution in [2.24, 2.45) is 0 Å². The van der Waals surface area contributed by atoms with Gasteiger partial charge in [-0.25, -0.2) is 0 Å². The van der Waals surface area contributed by atoms with Crippen LogP contribution in [0, 0.1) is 0 Å². The van der Waals surface area contributed by atoms with Crippen LogP contribution in [0.4, 0.5) is 0 Å². The third-order valence-electron chi connectivity index (χ3n) is 3.76. The first-order valence-electron chi connectivity index (χ1n) is 7.63. The number of amides is 1. The van der Waals surface area contributed by atoms with Crippen molar-refractivity contribution in [2.75, 3.05) is 13.7 Å². The highest BCUT2D eigenvalue weighted by atomic mass is 16.5. The standard InChI is InChI=1S/C19H23NO2/c1-4-6-8-16-14-20(19(21)18(16)7-5-2)13-15-9-11-17(22-3)12-10-15/h4,6,8-12H,1,5,7,13-14H2,2-3H3/b8-6-. The molecular formula is C19H23NO2. The number of nitrogens with zero attached hydrogens (tertiary/aromatic N) is 1. The summed E-state index contributed by atoms with van der Waals surface area (Å²) < 4.78 is 5.16. The first-order chi connectivity index (χ1) is 10.7. The number of hydrogen-bond acceptors (Lipinski definition) is 2. The maximum Gasteiger partial charge on any atom is 0.250 e. The number of ether oxygens (including phenoxy) is 1. The quantitative estimate of drug-likeness (QED) is 0.715. The number of carbonyl (C=O) groups is 1. The fourth-order valence-electron chi connectivity index (χ4n) is 2.64. The van der Waals surface area contributed by atoms with Gasteiger partial charge in [0.25, 0.3) is 5.91 Å². The molecule has 1 aromatic carbocycles. The average molecular weight is 297 g/mol. The molecule has 0 bridgehead atoms. The van der Waals surface area contributed by atoms with Crippen LogP contribution < -0.4 is 4.74 Å². The fraction of sp³-hybridized carbons (Fsp3) is 0.316. The molecule has 0 fully saturated rings. The van der Waals surface area contributed by atoms with Crippen molar-refractivity contribution in [1.29, 1.82) is 0 Å². The minimum atomic E-state index is 0.154. The molecule has 2 rings (SSSR count). The van der Waals surface area contributed by atoms with Crippen molar-refractivity contribution in [3.05, 3.63) is 65.8 Å². The summed E-state index contributed by atoms with van der Waals surface area (Å²) in [6.45, 7) is 7.09. The molecular weight excluding hydrogens is 274 g/mol. The van der Waals surface area contributed by atoms with Gasteiger partial charge in [0.1, 0.15) is 5.75 Å². The maximum atomic E-state index is 12.6. The molecule has 0 unspecified atom stereocenters. The fourth-order valence-corrected chi connectivity index (χ4v) is 2.64. The second-order valence-corrected chi connectivity index (χ2v) is 5.36. The summed E-state index contributed by atoms with van der Waals surface area (Å²) in [6, 6.07) is 7.86. The number of allylic oxidation sites excluding steroid dienone is 2. The lowest BCUT2D eigenvalue weighted by Crippen LogP contribution is -2.26. The van der Waals surface area contributed by atoms with Gasteiger partial charge in [-0.15, -0.1) is 0 Å². The van der Waals surface area contributed by atoms with Gasteiger partial charge in [0.2, 0.25) is 0 Å². The lowest BCUT2D eigenvalue weighted by atomic mass is 10.1. The summed E-state index contributed by atoms with van der Waals surface area (Å²) in [5.74, 6) is 0.984. The van der Waals surface area contributed by atoms with E-state index in [0.717, 1.165) is 35.3 Å². The van der Waals surface area contributed by atoms with E-state index in [1.54, 1.807) is 13.2 Å². The molecule has 3 nitrogen and oxygen atoms in total. The van der Waals surface area contributed by atoms with Gasteiger partial charge < -0.3 is 9.64 Å². The Hall–Kier alpha value is -2.29. The summed E-state index contributed by atoms with van der Waals surface area (Å²) in [5.41, 5.74) is 3.16. The molecule has 0 N–H and O–H groups in total. The lowest BCUT2D eigenvalue weighted by molar-refractivity contribution is -0.126. The van der Waals surface area contributed by atoms with Gasteiger partial charge in [0.15, 0.2) is 0 Å². The Morgan fingerprint density at radius 2 is 2.05 bits per heavy atom. The van der Waals surface area contributed by atoms with E-state index >= 15 is 0 Å². The van der Waals surface area contributed by atoms with Crippen molar-refractivity contribution in [3.63, 3.8) is 0 Å². The molecule has 0 aromatic heterocycles. The van der Waals surface area contributed by atoms with E-state index in [1.807, 2.05) is 41.3 Å². The Bertz CT molecular complexity index is 596. The first-order valence-corrected chi connectivity index (χ1v) is 7.63. The maximum absolute atomic E-state index is 12.6. The molecule has 116 valence electrons. The summed E-state index contributed by atoms with van der Waals surface area (Å²) in [4.78, 5) is 14.5. The zero-order chi connectivity index (χ0) is 15.9. The van der Waals surface area contributed by atoms with Gasteiger partial charge >= 0.3 is 0 Å². The van der Waals surface area contributed by atoms with Gasteiger partial charge in [-0.3, -0.25) is 4.79 Å². The Morgan fingerprint density at radius 1 is 1.32 bits per heavy atom. The Labute approximate surface area is 132 Å². The monoisotopic (exact) mass is 297 g/mol. The lowest BCUT2D eigenvalue weighted by Gasteiger charge is -2.17. The van der Waals surface area contributed by atoms with E-state index in [0.29, 0.717) is 13.1 Å². The van der Waals surface area contributed by atoms with Gasteiger partial charge in [0.05, 0.1) is 7.11 Å². The number of carbonyl (C=O) groups excluding carboxylic acids is 1. The van der Waals surface area contributed by atoms with Crippen molar-refractivity contribution < 1.29 is 9.53 Å². The second-order valence-electron chi connectivity index (χ2n) is 5.36. The van der Waals surface area contributed by atoms with Crippen LogP contribution in [-0.4, -0.2) is 24.5 Å². The number of hydrogen-bond donors (Lipinski definition) is 0. The van der Waals surface area contributed by atoms with Crippen LogP contribution >= 0.6 is 0 Å². The van der Waals surface area contributed by atoms with Gasteiger partial charge in [0, 0.05) is 18.7 Å². The summed E-state index contributed by atoms with van der Waals surface area (Å²) in [7, 11) is 1.65. The molecule has 0 saturated heterocycles. The molecule has 1 amide bonds. The predicted octanol–water partition coefficient (Wildman–Crippen LogP) is 3.88.